The summed E-state index contributed by atoms with van der Waals surface area (Å²) >= 11 is 0. The molecule has 3 unspecified atom stereocenters. The maximum absolute atomic E-state index is 4.22. The molecule has 1 fully saturated rings. The molecule has 1 saturated carbocycles. The molecule has 18 heavy (non-hydrogen) atoms. The zero-order valence-electron chi connectivity index (χ0n) is 11.9. The smallest absolute Gasteiger partial charge is 0.0842 e. The van der Waals surface area contributed by atoms with Crippen molar-refractivity contribution in [2.24, 2.45) is 18.9 Å². The summed E-state index contributed by atoms with van der Waals surface area (Å²) < 4.78 is 1.79. The Morgan fingerprint density at radius 1 is 1.44 bits per heavy atom. The lowest BCUT2D eigenvalue weighted by Gasteiger charge is -2.23. The molecule has 1 aromatic rings. The molecule has 1 N–H and O–H groups in total. The van der Waals surface area contributed by atoms with Crippen molar-refractivity contribution in [3.05, 3.63) is 11.9 Å². The van der Waals surface area contributed by atoms with Crippen molar-refractivity contribution in [3.8, 4) is 0 Å². The van der Waals surface area contributed by atoms with Crippen LogP contribution in [0.25, 0.3) is 0 Å². The fraction of sp³-hybridized carbons (Fsp3) is 0.857. The van der Waals surface area contributed by atoms with E-state index in [9.17, 15) is 0 Å². The standard InChI is InChI=1S/C14H26N4/c1-4-11-6-7-12(8-11)14(15-5-2)9-13-10-18(3)17-16-13/h10-12,14-15H,4-9H2,1-3H3. The molecule has 0 aliphatic heterocycles. The Balaban J connectivity index is 1.95. The highest BCUT2D eigenvalue weighted by atomic mass is 15.4. The molecule has 4 nitrogen and oxygen atoms in total. The molecule has 0 spiro atoms. The van der Waals surface area contributed by atoms with E-state index in [0.717, 1.165) is 30.5 Å². The van der Waals surface area contributed by atoms with E-state index in [2.05, 4.69) is 29.5 Å². The van der Waals surface area contributed by atoms with Crippen LogP contribution in [0.15, 0.2) is 6.20 Å². The average Bonchev–Trinajstić information content (AvgIpc) is 2.97. The van der Waals surface area contributed by atoms with Gasteiger partial charge in [-0.1, -0.05) is 31.9 Å². The molecule has 0 aromatic carbocycles. The van der Waals surface area contributed by atoms with E-state index in [0.29, 0.717) is 6.04 Å². The first-order chi connectivity index (χ1) is 8.72. The van der Waals surface area contributed by atoms with Crippen LogP contribution in [-0.2, 0) is 13.5 Å². The molecular weight excluding hydrogens is 224 g/mol. The predicted octanol–water partition coefficient (Wildman–Crippen LogP) is 2.16. The van der Waals surface area contributed by atoms with E-state index in [4.69, 9.17) is 0 Å². The molecule has 3 atom stereocenters. The Hall–Kier alpha value is -0.900. The SMILES string of the molecule is CCNC(Cc1cn(C)nn1)C1CCC(CC)C1. The summed E-state index contributed by atoms with van der Waals surface area (Å²) in [6.07, 6.45) is 8.55. The van der Waals surface area contributed by atoms with Gasteiger partial charge < -0.3 is 5.32 Å². The summed E-state index contributed by atoms with van der Waals surface area (Å²) in [5, 5.41) is 11.9. The molecule has 102 valence electrons. The van der Waals surface area contributed by atoms with Gasteiger partial charge in [-0.2, -0.15) is 0 Å². The largest absolute Gasteiger partial charge is 0.314 e. The molecule has 4 heteroatoms. The molecule has 0 bridgehead atoms. The van der Waals surface area contributed by atoms with E-state index >= 15 is 0 Å². The number of hydrogen-bond acceptors (Lipinski definition) is 3. The van der Waals surface area contributed by atoms with Gasteiger partial charge in [-0.25, -0.2) is 0 Å². The second-order valence-corrected chi connectivity index (χ2v) is 5.60. The monoisotopic (exact) mass is 250 g/mol. The molecule has 0 saturated heterocycles. The van der Waals surface area contributed by atoms with Gasteiger partial charge in [0.25, 0.3) is 0 Å². The van der Waals surface area contributed by atoms with Crippen molar-refractivity contribution < 1.29 is 0 Å². The number of aryl methyl sites for hydroxylation is 1. The highest BCUT2D eigenvalue weighted by Gasteiger charge is 2.30. The van der Waals surface area contributed by atoms with Gasteiger partial charge in [0, 0.05) is 25.7 Å². The molecule has 1 aliphatic rings. The Kier molecular flexibility index (Phi) is 4.75. The van der Waals surface area contributed by atoms with E-state index in [1.165, 1.54) is 25.7 Å². The minimum Gasteiger partial charge on any atom is -0.314 e. The van der Waals surface area contributed by atoms with E-state index in [1.54, 1.807) is 4.68 Å². The number of aromatic nitrogens is 3. The Morgan fingerprint density at radius 3 is 2.83 bits per heavy atom. The molecule has 0 amide bonds. The van der Waals surface area contributed by atoms with Crippen LogP contribution in [0.4, 0.5) is 0 Å². The van der Waals surface area contributed by atoms with Crippen LogP contribution in [0.5, 0.6) is 0 Å². The number of nitrogens with one attached hydrogen (secondary N) is 1. The normalized spacial score (nSPS) is 25.5. The summed E-state index contributed by atoms with van der Waals surface area (Å²) in [7, 11) is 1.93. The lowest BCUT2D eigenvalue weighted by Crippen LogP contribution is -2.37. The Bertz CT molecular complexity index is 360. The molecular formula is C14H26N4. The van der Waals surface area contributed by atoms with Crippen molar-refractivity contribution in [3.63, 3.8) is 0 Å². The zero-order valence-corrected chi connectivity index (χ0v) is 11.9. The Morgan fingerprint density at radius 2 is 2.28 bits per heavy atom. The van der Waals surface area contributed by atoms with Crippen molar-refractivity contribution in [2.45, 2.75) is 52.0 Å². The predicted molar refractivity (Wildman–Crippen MR) is 73.3 cm³/mol. The van der Waals surface area contributed by atoms with Crippen LogP contribution in [-0.4, -0.2) is 27.6 Å². The van der Waals surface area contributed by atoms with Crippen molar-refractivity contribution in [2.75, 3.05) is 6.54 Å². The Labute approximate surface area is 110 Å². The quantitative estimate of drug-likeness (QED) is 0.841. The fourth-order valence-corrected chi connectivity index (χ4v) is 3.23. The lowest BCUT2D eigenvalue weighted by molar-refractivity contribution is 0.347. The minimum atomic E-state index is 0.572. The van der Waals surface area contributed by atoms with Crippen LogP contribution in [0, 0.1) is 11.8 Å². The number of nitrogens with zero attached hydrogens (tertiary/aromatic N) is 3. The van der Waals surface area contributed by atoms with Crippen LogP contribution in [0.1, 0.15) is 45.2 Å². The first-order valence-corrected chi connectivity index (χ1v) is 7.31. The van der Waals surface area contributed by atoms with E-state index in [-0.39, 0.29) is 0 Å². The third-order valence-corrected chi connectivity index (χ3v) is 4.27. The topological polar surface area (TPSA) is 42.7 Å². The number of likely N-dealkylation sites (N-methyl/N-ethyl adjacent to an activating group) is 1. The molecule has 1 aliphatic carbocycles. The molecule has 1 heterocycles. The first kappa shape index (κ1) is 13.5. The van der Waals surface area contributed by atoms with Gasteiger partial charge >= 0.3 is 0 Å². The average molecular weight is 250 g/mol. The second-order valence-electron chi connectivity index (χ2n) is 5.60. The van der Waals surface area contributed by atoms with Gasteiger partial charge in [0.1, 0.15) is 0 Å². The van der Waals surface area contributed by atoms with Crippen LogP contribution in [0.2, 0.25) is 0 Å². The lowest BCUT2D eigenvalue weighted by atomic mass is 9.92. The molecule has 2 rings (SSSR count). The summed E-state index contributed by atoms with van der Waals surface area (Å²) in [5.74, 6) is 1.76. The maximum Gasteiger partial charge on any atom is 0.0842 e. The van der Waals surface area contributed by atoms with Gasteiger partial charge in [0.15, 0.2) is 0 Å². The van der Waals surface area contributed by atoms with Crippen LogP contribution >= 0.6 is 0 Å². The highest BCUT2D eigenvalue weighted by molar-refractivity contribution is 4.98. The number of rotatable bonds is 6. The van der Waals surface area contributed by atoms with E-state index < -0.39 is 0 Å². The summed E-state index contributed by atoms with van der Waals surface area (Å²) in [6.45, 7) is 5.55. The van der Waals surface area contributed by atoms with Crippen molar-refractivity contribution >= 4 is 0 Å². The zero-order chi connectivity index (χ0) is 13.0. The highest BCUT2D eigenvalue weighted by Crippen LogP contribution is 2.35. The summed E-state index contributed by atoms with van der Waals surface area (Å²) in [4.78, 5) is 0. The second kappa shape index (κ2) is 6.32. The van der Waals surface area contributed by atoms with Crippen molar-refractivity contribution in [1.82, 2.24) is 20.3 Å². The third kappa shape index (κ3) is 3.31. The van der Waals surface area contributed by atoms with Crippen LogP contribution < -0.4 is 5.32 Å². The minimum absolute atomic E-state index is 0.572. The third-order valence-electron chi connectivity index (χ3n) is 4.27. The van der Waals surface area contributed by atoms with E-state index in [1.807, 2.05) is 13.2 Å². The van der Waals surface area contributed by atoms with Crippen molar-refractivity contribution in [1.29, 1.82) is 0 Å². The van der Waals surface area contributed by atoms with Gasteiger partial charge in [-0.3, -0.25) is 4.68 Å². The fourth-order valence-electron chi connectivity index (χ4n) is 3.23. The summed E-state index contributed by atoms with van der Waals surface area (Å²) in [5.41, 5.74) is 1.11. The van der Waals surface area contributed by atoms with Crippen LogP contribution in [0.3, 0.4) is 0 Å². The van der Waals surface area contributed by atoms with Gasteiger partial charge in [-0.15, -0.1) is 5.10 Å². The van der Waals surface area contributed by atoms with Gasteiger partial charge in [-0.05, 0) is 31.2 Å². The number of hydrogen-bond donors (Lipinski definition) is 1. The van der Waals surface area contributed by atoms with Gasteiger partial charge in [0.2, 0.25) is 0 Å². The first-order valence-electron chi connectivity index (χ1n) is 7.31. The molecule has 0 radical (unpaired) electrons. The molecule has 1 aromatic heterocycles. The maximum atomic E-state index is 4.22. The van der Waals surface area contributed by atoms with Gasteiger partial charge in [0.05, 0.1) is 5.69 Å². The summed E-state index contributed by atoms with van der Waals surface area (Å²) in [6, 6.07) is 0.572.